The zero-order chi connectivity index (χ0) is 17.9. The lowest BCUT2D eigenvalue weighted by Crippen LogP contribution is -2.47. The summed E-state index contributed by atoms with van der Waals surface area (Å²) in [6.07, 6.45) is 5.54. The average molecular weight is 361 g/mol. The summed E-state index contributed by atoms with van der Waals surface area (Å²) >= 11 is 6.09. The van der Waals surface area contributed by atoms with Gasteiger partial charge in [-0.05, 0) is 37.0 Å². The van der Waals surface area contributed by atoms with Gasteiger partial charge in [-0.2, -0.15) is 0 Å². The van der Waals surface area contributed by atoms with Gasteiger partial charge in [-0.15, -0.1) is 0 Å². The number of hydrogen-bond donors (Lipinski definition) is 2. The molecule has 6 nitrogen and oxygen atoms in total. The van der Waals surface area contributed by atoms with Crippen LogP contribution in [0.2, 0.25) is 5.02 Å². The minimum Gasteiger partial charge on any atom is -0.396 e. The first-order valence-corrected chi connectivity index (χ1v) is 8.61. The normalized spacial score (nSPS) is 20.5. The zero-order valence-electron chi connectivity index (χ0n) is 13.9. The molecule has 1 aromatic heterocycles. The van der Waals surface area contributed by atoms with E-state index in [1.807, 2.05) is 24.3 Å². The van der Waals surface area contributed by atoms with Crippen LogP contribution in [0, 0.1) is 5.41 Å². The maximum atomic E-state index is 11.3. The highest BCUT2D eigenvalue weighted by atomic mass is 35.5. The molecular formula is C18H21ClN4O2. The van der Waals surface area contributed by atoms with Crippen LogP contribution in [0.1, 0.15) is 28.9 Å². The number of carbonyl (C=O) groups is 1. The molecule has 0 aliphatic carbocycles. The monoisotopic (exact) mass is 360 g/mol. The van der Waals surface area contributed by atoms with Gasteiger partial charge in [0, 0.05) is 23.5 Å². The van der Waals surface area contributed by atoms with E-state index >= 15 is 0 Å². The molecule has 1 aliphatic rings. The second-order valence-electron chi connectivity index (χ2n) is 6.62. The second-order valence-corrected chi connectivity index (χ2v) is 7.05. The predicted octanol–water partition coefficient (Wildman–Crippen LogP) is 2.05. The minimum absolute atomic E-state index is 0.0684. The SMILES string of the molecule is NC(=O)c1cncc(N2CCC[C@](CO)(Cc3cccc(Cl)c3)C2)n1. The van der Waals surface area contributed by atoms with Crippen molar-refractivity contribution in [3.8, 4) is 0 Å². The number of benzene rings is 1. The van der Waals surface area contributed by atoms with E-state index in [2.05, 4.69) is 14.9 Å². The Morgan fingerprint density at radius 1 is 1.40 bits per heavy atom. The number of piperidine rings is 1. The Balaban J connectivity index is 1.82. The topological polar surface area (TPSA) is 92.3 Å². The summed E-state index contributed by atoms with van der Waals surface area (Å²) in [4.78, 5) is 21.8. The molecule has 3 N–H and O–H groups in total. The maximum Gasteiger partial charge on any atom is 0.268 e. The molecule has 3 rings (SSSR count). The highest BCUT2D eigenvalue weighted by molar-refractivity contribution is 6.30. The third-order valence-electron chi connectivity index (χ3n) is 4.66. The van der Waals surface area contributed by atoms with Gasteiger partial charge in [0.2, 0.25) is 0 Å². The molecule has 2 heterocycles. The van der Waals surface area contributed by atoms with Gasteiger partial charge in [0.1, 0.15) is 11.5 Å². The summed E-state index contributed by atoms with van der Waals surface area (Å²) in [7, 11) is 0. The number of aromatic nitrogens is 2. The van der Waals surface area contributed by atoms with Crippen molar-refractivity contribution in [3.63, 3.8) is 0 Å². The molecule has 0 saturated carbocycles. The van der Waals surface area contributed by atoms with Crippen molar-refractivity contribution in [2.45, 2.75) is 19.3 Å². The highest BCUT2D eigenvalue weighted by Crippen LogP contribution is 2.35. The first-order valence-electron chi connectivity index (χ1n) is 8.23. The summed E-state index contributed by atoms with van der Waals surface area (Å²) in [6.45, 7) is 1.50. The lowest BCUT2D eigenvalue weighted by molar-refractivity contribution is 0.0993. The number of halogens is 1. The van der Waals surface area contributed by atoms with Crippen LogP contribution in [0.4, 0.5) is 5.82 Å². The van der Waals surface area contributed by atoms with E-state index in [1.165, 1.54) is 6.20 Å². The molecule has 2 aromatic rings. The van der Waals surface area contributed by atoms with Crippen LogP contribution < -0.4 is 10.6 Å². The first-order chi connectivity index (χ1) is 12.0. The van der Waals surface area contributed by atoms with E-state index in [9.17, 15) is 9.90 Å². The molecule has 1 amide bonds. The number of nitrogens with two attached hydrogens (primary N) is 1. The molecule has 0 unspecified atom stereocenters. The standard InChI is InChI=1S/C18H21ClN4O2/c19-14-4-1-3-13(7-14)8-18(12-24)5-2-6-23(11-18)16-10-21-9-15(22-16)17(20)25/h1,3-4,7,9-10,24H,2,5-6,8,11-12H2,(H2,20,25)/t18-/m0/s1. The van der Waals surface area contributed by atoms with Crippen molar-refractivity contribution in [1.29, 1.82) is 0 Å². The van der Waals surface area contributed by atoms with Crippen LogP contribution in [0.5, 0.6) is 0 Å². The largest absolute Gasteiger partial charge is 0.396 e. The summed E-state index contributed by atoms with van der Waals surface area (Å²) < 4.78 is 0. The van der Waals surface area contributed by atoms with Crippen molar-refractivity contribution in [3.05, 3.63) is 52.9 Å². The molecule has 1 atom stereocenters. The molecule has 1 aliphatic heterocycles. The van der Waals surface area contributed by atoms with Gasteiger partial charge in [-0.25, -0.2) is 4.98 Å². The third kappa shape index (κ3) is 4.08. The van der Waals surface area contributed by atoms with Gasteiger partial charge in [-0.3, -0.25) is 9.78 Å². The number of amides is 1. The van der Waals surface area contributed by atoms with Crippen LogP contribution >= 0.6 is 11.6 Å². The fourth-order valence-corrected chi connectivity index (χ4v) is 3.65. The van der Waals surface area contributed by atoms with Crippen molar-refractivity contribution in [1.82, 2.24) is 9.97 Å². The first kappa shape index (κ1) is 17.6. The quantitative estimate of drug-likeness (QED) is 0.851. The Bertz CT molecular complexity index is 770. The Kier molecular flexibility index (Phi) is 5.20. The second kappa shape index (κ2) is 7.37. The van der Waals surface area contributed by atoms with Crippen LogP contribution in [0.3, 0.4) is 0 Å². The van der Waals surface area contributed by atoms with Crippen molar-refractivity contribution < 1.29 is 9.90 Å². The summed E-state index contributed by atoms with van der Waals surface area (Å²) in [5, 5.41) is 10.8. The van der Waals surface area contributed by atoms with Gasteiger partial charge < -0.3 is 15.7 Å². The smallest absolute Gasteiger partial charge is 0.268 e. The van der Waals surface area contributed by atoms with Gasteiger partial charge in [0.05, 0.1) is 19.0 Å². The summed E-state index contributed by atoms with van der Waals surface area (Å²) in [5.41, 5.74) is 6.25. The van der Waals surface area contributed by atoms with Gasteiger partial charge >= 0.3 is 0 Å². The molecule has 0 radical (unpaired) electrons. The third-order valence-corrected chi connectivity index (χ3v) is 4.90. The molecule has 1 aromatic carbocycles. The highest BCUT2D eigenvalue weighted by Gasteiger charge is 2.36. The average Bonchev–Trinajstić information content (AvgIpc) is 2.62. The minimum atomic E-state index is -0.598. The molecule has 0 spiro atoms. The molecule has 132 valence electrons. The number of carbonyl (C=O) groups excluding carboxylic acids is 1. The van der Waals surface area contributed by atoms with E-state index in [0.717, 1.165) is 31.4 Å². The van der Waals surface area contributed by atoms with Crippen LogP contribution in [-0.2, 0) is 6.42 Å². The van der Waals surface area contributed by atoms with E-state index in [4.69, 9.17) is 17.3 Å². The molecular weight excluding hydrogens is 340 g/mol. The lowest BCUT2D eigenvalue weighted by atomic mass is 9.76. The van der Waals surface area contributed by atoms with Gasteiger partial charge in [0.15, 0.2) is 0 Å². The lowest BCUT2D eigenvalue weighted by Gasteiger charge is -2.42. The fourth-order valence-electron chi connectivity index (χ4n) is 3.44. The number of aliphatic hydroxyl groups is 1. The number of anilines is 1. The van der Waals surface area contributed by atoms with Crippen molar-refractivity contribution in [2.75, 3.05) is 24.6 Å². The van der Waals surface area contributed by atoms with E-state index in [0.29, 0.717) is 17.4 Å². The van der Waals surface area contributed by atoms with E-state index in [-0.39, 0.29) is 17.7 Å². The Morgan fingerprint density at radius 2 is 2.24 bits per heavy atom. The Hall–Kier alpha value is -2.18. The van der Waals surface area contributed by atoms with Crippen LogP contribution in [0.25, 0.3) is 0 Å². The molecule has 1 fully saturated rings. The Morgan fingerprint density at radius 3 is 2.96 bits per heavy atom. The fraction of sp³-hybridized carbons (Fsp3) is 0.389. The van der Waals surface area contributed by atoms with Crippen molar-refractivity contribution in [2.24, 2.45) is 11.1 Å². The molecule has 7 heteroatoms. The predicted molar refractivity (Wildman–Crippen MR) is 96.7 cm³/mol. The number of aliphatic hydroxyl groups excluding tert-OH is 1. The van der Waals surface area contributed by atoms with Crippen LogP contribution in [0.15, 0.2) is 36.7 Å². The number of rotatable bonds is 5. The van der Waals surface area contributed by atoms with Crippen molar-refractivity contribution >= 4 is 23.3 Å². The number of hydrogen-bond acceptors (Lipinski definition) is 5. The maximum absolute atomic E-state index is 11.3. The molecule has 0 bridgehead atoms. The van der Waals surface area contributed by atoms with E-state index in [1.54, 1.807) is 6.20 Å². The van der Waals surface area contributed by atoms with E-state index < -0.39 is 5.91 Å². The van der Waals surface area contributed by atoms with Gasteiger partial charge in [0.25, 0.3) is 5.91 Å². The number of nitrogens with zero attached hydrogens (tertiary/aromatic N) is 3. The molecule has 25 heavy (non-hydrogen) atoms. The molecule has 1 saturated heterocycles. The zero-order valence-corrected chi connectivity index (χ0v) is 14.6. The summed E-state index contributed by atoms with van der Waals surface area (Å²) in [5.74, 6) is 0.0126. The van der Waals surface area contributed by atoms with Gasteiger partial charge in [-0.1, -0.05) is 23.7 Å². The summed E-state index contributed by atoms with van der Waals surface area (Å²) in [6, 6.07) is 7.72. The van der Waals surface area contributed by atoms with Crippen LogP contribution in [-0.4, -0.2) is 40.7 Å². The Labute approximate surface area is 151 Å². The number of primary amides is 1.